The Morgan fingerprint density at radius 1 is 1.13 bits per heavy atom. The fraction of sp³-hybridized carbons (Fsp3) is 0.385. The second-order valence-electron chi connectivity index (χ2n) is 9.78. The van der Waals surface area contributed by atoms with E-state index in [1.807, 2.05) is 14.1 Å². The number of ether oxygens (including phenoxy) is 1. The number of aromatic nitrogens is 3. The van der Waals surface area contributed by atoms with Gasteiger partial charge in [-0.2, -0.15) is 10.2 Å². The maximum absolute atomic E-state index is 14.6. The van der Waals surface area contributed by atoms with Crippen molar-refractivity contribution in [2.45, 2.75) is 18.6 Å². The standard InChI is InChI=1S/C26H29F3N8O2/c1-34(2)7-6-30-22-13-33-35(3)25(22)21-11-24(20(29)12-31-21)39-19-14-36(15-19)26(38)37-23(4-5-32-37)16-8-17(27)10-18(28)9-16/h5,8-13,19,23,30H,4,6-7,14-15H2,1-3H3. The van der Waals surface area contributed by atoms with Gasteiger partial charge in [-0.15, -0.1) is 0 Å². The summed E-state index contributed by atoms with van der Waals surface area (Å²) in [5, 5.41) is 12.9. The molecule has 0 aliphatic carbocycles. The average Bonchev–Trinajstić information content (AvgIpc) is 3.48. The molecule has 206 valence electrons. The van der Waals surface area contributed by atoms with Crippen LogP contribution in [0.3, 0.4) is 0 Å². The Balaban J connectivity index is 1.23. The molecule has 5 rings (SSSR count). The lowest BCUT2D eigenvalue weighted by Crippen LogP contribution is -2.58. The molecule has 2 aliphatic rings. The van der Waals surface area contributed by atoms with Crippen LogP contribution in [0.4, 0.5) is 23.7 Å². The van der Waals surface area contributed by atoms with E-state index in [1.165, 1.54) is 34.3 Å². The van der Waals surface area contributed by atoms with E-state index in [9.17, 15) is 18.0 Å². The molecule has 3 aromatic rings. The summed E-state index contributed by atoms with van der Waals surface area (Å²) in [5.41, 5.74) is 2.27. The summed E-state index contributed by atoms with van der Waals surface area (Å²) >= 11 is 0. The number of pyridine rings is 1. The molecule has 2 aromatic heterocycles. The van der Waals surface area contributed by atoms with Gasteiger partial charge < -0.3 is 19.9 Å². The lowest BCUT2D eigenvalue weighted by Gasteiger charge is -2.41. The maximum atomic E-state index is 14.6. The third-order valence-corrected chi connectivity index (χ3v) is 6.58. The van der Waals surface area contributed by atoms with Crippen molar-refractivity contribution in [1.29, 1.82) is 0 Å². The number of likely N-dealkylation sites (tertiary alicyclic amines) is 1. The number of aryl methyl sites for hydroxylation is 1. The van der Waals surface area contributed by atoms with E-state index >= 15 is 0 Å². The molecule has 1 fully saturated rings. The van der Waals surface area contributed by atoms with Gasteiger partial charge in [0.05, 0.1) is 42.9 Å². The normalized spacial score (nSPS) is 17.2. The van der Waals surface area contributed by atoms with Crippen LogP contribution in [-0.2, 0) is 7.05 Å². The van der Waals surface area contributed by atoms with E-state index < -0.39 is 35.6 Å². The Morgan fingerprint density at radius 2 is 1.87 bits per heavy atom. The molecule has 39 heavy (non-hydrogen) atoms. The largest absolute Gasteiger partial charge is 0.483 e. The van der Waals surface area contributed by atoms with Gasteiger partial charge in [0, 0.05) is 44.9 Å². The molecule has 2 amide bonds. The molecule has 1 N–H and O–H groups in total. The number of hydrogen-bond acceptors (Lipinski definition) is 7. The van der Waals surface area contributed by atoms with Gasteiger partial charge in [0.15, 0.2) is 11.6 Å². The van der Waals surface area contributed by atoms with Crippen molar-refractivity contribution in [3.05, 3.63) is 59.7 Å². The third kappa shape index (κ3) is 5.67. The highest BCUT2D eigenvalue weighted by Gasteiger charge is 2.39. The zero-order valence-electron chi connectivity index (χ0n) is 21.8. The zero-order chi connectivity index (χ0) is 27.7. The van der Waals surface area contributed by atoms with Gasteiger partial charge in [-0.1, -0.05) is 0 Å². The highest BCUT2D eigenvalue weighted by atomic mass is 19.1. The molecule has 10 nitrogen and oxygen atoms in total. The number of amides is 2. The number of hydrazone groups is 1. The van der Waals surface area contributed by atoms with E-state index in [2.05, 4.69) is 25.4 Å². The first-order valence-corrected chi connectivity index (χ1v) is 12.5. The molecule has 4 heterocycles. The van der Waals surface area contributed by atoms with Crippen molar-refractivity contribution in [3.63, 3.8) is 0 Å². The number of likely N-dealkylation sites (N-methyl/N-ethyl adjacent to an activating group) is 1. The topological polar surface area (TPSA) is 91.1 Å². The van der Waals surface area contributed by atoms with E-state index in [4.69, 9.17) is 4.74 Å². The number of rotatable bonds is 8. The number of benzene rings is 1. The van der Waals surface area contributed by atoms with Gasteiger partial charge in [-0.25, -0.2) is 23.0 Å². The molecule has 13 heteroatoms. The van der Waals surface area contributed by atoms with Crippen molar-refractivity contribution in [2.24, 2.45) is 12.1 Å². The molecule has 1 saturated heterocycles. The fourth-order valence-corrected chi connectivity index (χ4v) is 4.56. The number of halogens is 3. The van der Waals surface area contributed by atoms with Crippen LogP contribution >= 0.6 is 0 Å². The predicted octanol–water partition coefficient (Wildman–Crippen LogP) is 3.49. The summed E-state index contributed by atoms with van der Waals surface area (Å²) in [4.78, 5) is 20.8. The zero-order valence-corrected chi connectivity index (χ0v) is 21.8. The molecule has 0 radical (unpaired) electrons. The summed E-state index contributed by atoms with van der Waals surface area (Å²) in [6, 6.07) is 3.66. The Bertz CT molecular complexity index is 1370. The molecule has 0 bridgehead atoms. The first-order valence-electron chi connectivity index (χ1n) is 12.5. The molecular weight excluding hydrogens is 513 g/mol. The summed E-state index contributed by atoms with van der Waals surface area (Å²) < 4.78 is 49.6. The number of nitrogens with one attached hydrogen (secondary N) is 1. The molecule has 0 spiro atoms. The van der Waals surface area contributed by atoms with Gasteiger partial charge in [0.25, 0.3) is 0 Å². The molecule has 0 saturated carbocycles. The smallest absolute Gasteiger partial charge is 0.341 e. The van der Waals surface area contributed by atoms with E-state index in [-0.39, 0.29) is 18.8 Å². The molecular formula is C26H29F3N8O2. The monoisotopic (exact) mass is 542 g/mol. The molecule has 1 unspecified atom stereocenters. The Morgan fingerprint density at radius 3 is 2.59 bits per heavy atom. The lowest BCUT2D eigenvalue weighted by molar-refractivity contribution is 0.0256. The molecule has 2 aliphatic heterocycles. The second-order valence-corrected chi connectivity index (χ2v) is 9.78. The van der Waals surface area contributed by atoms with Crippen molar-refractivity contribution < 1.29 is 22.7 Å². The minimum absolute atomic E-state index is 0.0184. The average molecular weight is 543 g/mol. The Labute approximate surface area is 223 Å². The minimum Gasteiger partial charge on any atom is -0.483 e. The molecule has 1 aromatic carbocycles. The van der Waals surface area contributed by atoms with Crippen molar-refractivity contribution in [3.8, 4) is 17.1 Å². The van der Waals surface area contributed by atoms with Gasteiger partial charge in [0.2, 0.25) is 0 Å². The fourth-order valence-electron chi connectivity index (χ4n) is 4.56. The summed E-state index contributed by atoms with van der Waals surface area (Å²) in [6.45, 7) is 1.92. The van der Waals surface area contributed by atoms with Crippen LogP contribution < -0.4 is 10.1 Å². The highest BCUT2D eigenvalue weighted by Crippen LogP contribution is 2.33. The first-order chi connectivity index (χ1) is 18.7. The Kier molecular flexibility index (Phi) is 7.42. The maximum Gasteiger partial charge on any atom is 0.341 e. The van der Waals surface area contributed by atoms with Crippen LogP contribution in [0, 0.1) is 17.5 Å². The lowest BCUT2D eigenvalue weighted by atomic mass is 10.0. The van der Waals surface area contributed by atoms with Crippen LogP contribution in [0.1, 0.15) is 18.0 Å². The third-order valence-electron chi connectivity index (χ3n) is 6.58. The Hall–Kier alpha value is -4.13. The van der Waals surface area contributed by atoms with Crippen LogP contribution in [0.25, 0.3) is 11.4 Å². The SMILES string of the molecule is CN(C)CCNc1cnn(C)c1-c1cc(OC2CN(C(=O)N3N=CCC3c3cc(F)cc(F)c3)C2)c(F)cn1. The van der Waals surface area contributed by atoms with E-state index in [0.29, 0.717) is 29.9 Å². The quantitative estimate of drug-likeness (QED) is 0.469. The van der Waals surface area contributed by atoms with Crippen LogP contribution in [0.15, 0.2) is 41.8 Å². The summed E-state index contributed by atoms with van der Waals surface area (Å²) in [7, 11) is 5.74. The number of carbonyl (C=O) groups is 1. The highest BCUT2D eigenvalue weighted by molar-refractivity contribution is 5.79. The summed E-state index contributed by atoms with van der Waals surface area (Å²) in [6.07, 6.45) is 4.23. The van der Waals surface area contributed by atoms with Gasteiger partial charge in [-0.05, 0) is 31.8 Å². The number of anilines is 1. The van der Waals surface area contributed by atoms with Crippen LogP contribution in [0.5, 0.6) is 5.75 Å². The van der Waals surface area contributed by atoms with Gasteiger partial charge in [0.1, 0.15) is 23.4 Å². The summed E-state index contributed by atoms with van der Waals surface area (Å²) in [5.74, 6) is -2.04. The second kappa shape index (κ2) is 10.9. The predicted molar refractivity (Wildman–Crippen MR) is 139 cm³/mol. The van der Waals surface area contributed by atoms with Crippen LogP contribution in [-0.4, -0.2) is 88.2 Å². The number of hydrogen-bond donors (Lipinski definition) is 1. The number of carbonyl (C=O) groups excluding carboxylic acids is 1. The van der Waals surface area contributed by atoms with Gasteiger partial charge >= 0.3 is 6.03 Å². The van der Waals surface area contributed by atoms with Crippen LogP contribution in [0.2, 0.25) is 0 Å². The van der Waals surface area contributed by atoms with Crippen molar-refractivity contribution in [1.82, 2.24) is 29.6 Å². The van der Waals surface area contributed by atoms with E-state index in [1.54, 1.807) is 17.9 Å². The number of urea groups is 1. The first kappa shape index (κ1) is 26.5. The van der Waals surface area contributed by atoms with Gasteiger partial charge in [-0.3, -0.25) is 9.67 Å². The number of nitrogens with zero attached hydrogens (tertiary/aromatic N) is 7. The van der Waals surface area contributed by atoms with Crippen molar-refractivity contribution in [2.75, 3.05) is 45.6 Å². The minimum atomic E-state index is -0.719. The van der Waals surface area contributed by atoms with Crippen molar-refractivity contribution >= 4 is 17.9 Å². The van der Waals surface area contributed by atoms with E-state index in [0.717, 1.165) is 24.5 Å². The molecule has 1 atom stereocenters.